The Morgan fingerprint density at radius 3 is 2.58 bits per heavy atom. The third-order valence-electron chi connectivity index (χ3n) is 7.82. The number of hydrogen-bond donors (Lipinski definition) is 0. The number of Topliss-reactive ketones (excluding diaryl/α,β-unsaturated/α-hetero) is 1. The molecule has 2 aromatic carbocycles. The number of hydrogen-bond acceptors (Lipinski definition) is 6. The van der Waals surface area contributed by atoms with Gasteiger partial charge in [-0.3, -0.25) is 9.69 Å². The highest BCUT2D eigenvalue weighted by Crippen LogP contribution is 2.50. The molecule has 1 saturated heterocycles. The highest BCUT2D eigenvalue weighted by molar-refractivity contribution is 6.10. The van der Waals surface area contributed by atoms with Crippen LogP contribution in [0, 0.1) is 17.7 Å². The molecule has 0 spiro atoms. The van der Waals surface area contributed by atoms with E-state index in [0.29, 0.717) is 41.2 Å². The number of piperidine rings is 1. The summed E-state index contributed by atoms with van der Waals surface area (Å²) < 4.78 is 30.1. The predicted molar refractivity (Wildman–Crippen MR) is 132 cm³/mol. The first-order valence-corrected chi connectivity index (χ1v) is 12.2. The van der Waals surface area contributed by atoms with Gasteiger partial charge in [-0.05, 0) is 47.7 Å². The topological polar surface area (TPSA) is 65.1 Å². The molecule has 188 valence electrons. The first-order valence-electron chi connectivity index (χ1n) is 12.2. The van der Waals surface area contributed by atoms with Gasteiger partial charge in [0.25, 0.3) is 0 Å². The lowest BCUT2D eigenvalue weighted by molar-refractivity contribution is 0.0594. The molecule has 0 N–H and O–H groups in total. The number of nitrogens with zero attached hydrogens (tertiary/aromatic N) is 1. The molecule has 3 unspecified atom stereocenters. The second kappa shape index (κ2) is 9.54. The fraction of sp³-hybridized carbons (Fsp3) is 0.379. The summed E-state index contributed by atoms with van der Waals surface area (Å²) >= 11 is 0. The number of ketones is 1. The first kappa shape index (κ1) is 24.3. The van der Waals surface area contributed by atoms with E-state index in [1.165, 1.54) is 24.8 Å². The van der Waals surface area contributed by atoms with Crippen LogP contribution in [0.4, 0.5) is 4.39 Å². The first-order chi connectivity index (χ1) is 17.4. The Hall–Kier alpha value is -3.45. The second-order valence-corrected chi connectivity index (χ2v) is 9.56. The van der Waals surface area contributed by atoms with Gasteiger partial charge in [0, 0.05) is 42.6 Å². The molecule has 36 heavy (non-hydrogen) atoms. The van der Waals surface area contributed by atoms with Gasteiger partial charge < -0.3 is 14.2 Å². The molecule has 3 atom stereocenters. The quantitative estimate of drug-likeness (QED) is 0.337. The lowest BCUT2D eigenvalue weighted by Crippen LogP contribution is -2.49. The Morgan fingerprint density at radius 2 is 1.89 bits per heavy atom. The second-order valence-electron chi connectivity index (χ2n) is 9.56. The third-order valence-corrected chi connectivity index (χ3v) is 7.82. The summed E-state index contributed by atoms with van der Waals surface area (Å²) in [4.78, 5) is 28.5. The zero-order valence-electron chi connectivity index (χ0n) is 21.0. The zero-order chi connectivity index (χ0) is 25.6. The SMILES string of the molecule is COC(=O)c1cc2c(cc1OC)CCN1CC3C(=CCC(OC)=C3C(=O)c3cccc(F)c3)C(C)C21. The number of ether oxygens (including phenoxy) is 3. The summed E-state index contributed by atoms with van der Waals surface area (Å²) in [6.07, 6.45) is 3.49. The monoisotopic (exact) mass is 491 g/mol. The number of fused-ring (bicyclic) bond motifs is 4. The van der Waals surface area contributed by atoms with Gasteiger partial charge in [0.15, 0.2) is 5.78 Å². The molecule has 2 aromatic rings. The summed E-state index contributed by atoms with van der Waals surface area (Å²) in [6.45, 7) is 3.63. The van der Waals surface area contributed by atoms with Crippen LogP contribution in [0.25, 0.3) is 0 Å². The van der Waals surface area contributed by atoms with E-state index in [0.717, 1.165) is 24.1 Å². The summed E-state index contributed by atoms with van der Waals surface area (Å²) in [5, 5.41) is 0. The van der Waals surface area contributed by atoms with Crippen molar-refractivity contribution in [1.29, 1.82) is 0 Å². The minimum Gasteiger partial charge on any atom is -0.500 e. The Labute approximate surface area is 210 Å². The molecule has 0 radical (unpaired) electrons. The lowest BCUT2D eigenvalue weighted by Gasteiger charge is -2.50. The maximum Gasteiger partial charge on any atom is 0.341 e. The number of benzene rings is 2. The van der Waals surface area contributed by atoms with E-state index in [4.69, 9.17) is 14.2 Å². The molecule has 7 heteroatoms. The maximum atomic E-state index is 13.9. The molecule has 0 aromatic heterocycles. The van der Waals surface area contributed by atoms with Gasteiger partial charge >= 0.3 is 5.97 Å². The molecule has 0 amide bonds. The van der Waals surface area contributed by atoms with Gasteiger partial charge in [-0.15, -0.1) is 0 Å². The van der Waals surface area contributed by atoms with E-state index in [-0.39, 0.29) is 23.7 Å². The van der Waals surface area contributed by atoms with Crippen molar-refractivity contribution in [2.45, 2.75) is 25.8 Å². The number of halogens is 1. The Balaban J connectivity index is 1.54. The van der Waals surface area contributed by atoms with Crippen LogP contribution in [0.15, 0.2) is 59.4 Å². The van der Waals surface area contributed by atoms with Crippen molar-refractivity contribution in [2.75, 3.05) is 34.4 Å². The molecule has 3 aliphatic rings. The fourth-order valence-electron chi connectivity index (χ4n) is 6.16. The highest BCUT2D eigenvalue weighted by Gasteiger charge is 2.45. The molecular formula is C29H30FNO5. The molecule has 1 aliphatic carbocycles. The van der Waals surface area contributed by atoms with Crippen LogP contribution in [0.2, 0.25) is 0 Å². The van der Waals surface area contributed by atoms with E-state index in [1.807, 2.05) is 12.1 Å². The molecule has 5 rings (SSSR count). The zero-order valence-corrected chi connectivity index (χ0v) is 21.0. The largest absolute Gasteiger partial charge is 0.500 e. The van der Waals surface area contributed by atoms with Crippen LogP contribution in [-0.4, -0.2) is 51.1 Å². The normalized spacial score (nSPS) is 23.1. The van der Waals surface area contributed by atoms with Crippen LogP contribution < -0.4 is 4.74 Å². The van der Waals surface area contributed by atoms with Crippen LogP contribution in [0.1, 0.15) is 51.2 Å². The highest BCUT2D eigenvalue weighted by atomic mass is 19.1. The maximum absolute atomic E-state index is 13.9. The van der Waals surface area contributed by atoms with Crippen LogP contribution in [0.5, 0.6) is 5.75 Å². The third kappa shape index (κ3) is 3.91. The standard InChI is InChI=1S/C29H30FNO5/c1-16-20-8-9-24(34-2)26(28(32)18-6-5-7-19(30)12-18)23(20)15-31-11-10-17-13-25(35-3)22(29(33)36-4)14-21(17)27(16)31/h5-8,12-14,16,23,27H,9-11,15H2,1-4H3. The van der Waals surface area contributed by atoms with Crippen LogP contribution in [-0.2, 0) is 15.9 Å². The van der Waals surface area contributed by atoms with E-state index in [9.17, 15) is 14.0 Å². The van der Waals surface area contributed by atoms with Crippen LogP contribution >= 0.6 is 0 Å². The van der Waals surface area contributed by atoms with Crippen molar-refractivity contribution >= 4 is 11.8 Å². The van der Waals surface area contributed by atoms with Crippen molar-refractivity contribution in [1.82, 2.24) is 4.90 Å². The van der Waals surface area contributed by atoms with Gasteiger partial charge in [-0.1, -0.05) is 30.7 Å². The van der Waals surface area contributed by atoms with Crippen LogP contribution in [0.3, 0.4) is 0 Å². The number of rotatable bonds is 5. The molecule has 6 nitrogen and oxygen atoms in total. The Kier molecular flexibility index (Phi) is 6.43. The Morgan fingerprint density at radius 1 is 1.08 bits per heavy atom. The van der Waals surface area contributed by atoms with Gasteiger partial charge in [0.1, 0.15) is 22.9 Å². The molecule has 2 aliphatic heterocycles. The summed E-state index contributed by atoms with van der Waals surface area (Å²) in [7, 11) is 4.51. The van der Waals surface area contributed by atoms with Crippen molar-refractivity contribution < 1.29 is 28.2 Å². The minimum absolute atomic E-state index is 0.0557. The summed E-state index contributed by atoms with van der Waals surface area (Å²) in [6, 6.07) is 9.75. The average molecular weight is 492 g/mol. The van der Waals surface area contributed by atoms with Gasteiger partial charge in [0.05, 0.1) is 21.3 Å². The van der Waals surface area contributed by atoms with Crippen molar-refractivity contribution in [3.05, 3.63) is 87.5 Å². The molecule has 2 heterocycles. The number of methoxy groups -OCH3 is 3. The van der Waals surface area contributed by atoms with Crippen molar-refractivity contribution in [2.24, 2.45) is 11.8 Å². The number of allylic oxidation sites excluding steroid dienone is 1. The summed E-state index contributed by atoms with van der Waals surface area (Å²) in [5.74, 6) is 0.0459. The van der Waals surface area contributed by atoms with Crippen molar-refractivity contribution in [3.8, 4) is 5.75 Å². The van der Waals surface area contributed by atoms with Gasteiger partial charge in [-0.2, -0.15) is 0 Å². The molecule has 0 bridgehead atoms. The smallest absolute Gasteiger partial charge is 0.341 e. The fourth-order valence-corrected chi connectivity index (χ4v) is 6.16. The van der Waals surface area contributed by atoms with Gasteiger partial charge in [0.2, 0.25) is 0 Å². The minimum atomic E-state index is -0.437. The lowest BCUT2D eigenvalue weighted by atomic mass is 9.68. The van der Waals surface area contributed by atoms with E-state index in [2.05, 4.69) is 17.9 Å². The van der Waals surface area contributed by atoms with Gasteiger partial charge in [-0.25, -0.2) is 9.18 Å². The average Bonchev–Trinajstić information content (AvgIpc) is 2.90. The predicted octanol–water partition coefficient (Wildman–Crippen LogP) is 4.90. The molecule has 0 saturated carbocycles. The molecular weight excluding hydrogens is 461 g/mol. The van der Waals surface area contributed by atoms with E-state index in [1.54, 1.807) is 26.4 Å². The molecule has 1 fully saturated rings. The number of carbonyl (C=O) groups is 2. The number of carbonyl (C=O) groups excluding carboxylic acids is 2. The Bertz CT molecular complexity index is 1300. The van der Waals surface area contributed by atoms with Crippen molar-refractivity contribution in [3.63, 3.8) is 0 Å². The van der Waals surface area contributed by atoms with E-state index < -0.39 is 11.8 Å². The number of esters is 1. The van der Waals surface area contributed by atoms with E-state index >= 15 is 0 Å². The summed E-state index contributed by atoms with van der Waals surface area (Å²) in [5.41, 5.74) is 4.78.